The lowest BCUT2D eigenvalue weighted by molar-refractivity contribution is 0.0974. The number of hydrogen-bond acceptors (Lipinski definition) is 6. The first-order valence-electron chi connectivity index (χ1n) is 8.44. The number of nitrogen functional groups attached to an aromatic ring is 1. The zero-order chi connectivity index (χ0) is 20.9. The predicted molar refractivity (Wildman–Crippen MR) is 107 cm³/mol. The number of anilines is 2. The standard InChI is InChI=1S/C21H13ClN2O5/c22-10-4-2-1-3-9(10)21(29)24-12-6-8-14(26)18-16(12)20(28)17-13(25)7-5-11(23)15(17)19(18)27/h1-8,25-26H,23H2,(H,24,29). The highest BCUT2D eigenvalue weighted by Gasteiger charge is 2.37. The summed E-state index contributed by atoms with van der Waals surface area (Å²) < 4.78 is 0. The normalized spacial score (nSPS) is 12.3. The van der Waals surface area contributed by atoms with Crippen LogP contribution in [0.1, 0.15) is 42.2 Å². The number of aromatic hydroxyl groups is 2. The van der Waals surface area contributed by atoms with E-state index in [1.165, 1.54) is 36.4 Å². The molecule has 3 aromatic carbocycles. The van der Waals surface area contributed by atoms with Crippen LogP contribution in [0.5, 0.6) is 11.5 Å². The summed E-state index contributed by atoms with van der Waals surface area (Å²) in [6.45, 7) is 0. The molecule has 1 aliphatic carbocycles. The van der Waals surface area contributed by atoms with E-state index in [0.29, 0.717) is 0 Å². The molecule has 1 amide bonds. The summed E-state index contributed by atoms with van der Waals surface area (Å²) in [5.41, 5.74) is 4.99. The monoisotopic (exact) mass is 408 g/mol. The van der Waals surface area contributed by atoms with Crippen molar-refractivity contribution >= 4 is 40.4 Å². The van der Waals surface area contributed by atoms with Gasteiger partial charge in [-0.1, -0.05) is 23.7 Å². The summed E-state index contributed by atoms with van der Waals surface area (Å²) in [6, 6.07) is 11.3. The maximum absolute atomic E-state index is 13.1. The molecule has 29 heavy (non-hydrogen) atoms. The number of carbonyl (C=O) groups excluding carboxylic acids is 3. The summed E-state index contributed by atoms with van der Waals surface area (Å²) in [6.07, 6.45) is 0. The SMILES string of the molecule is Nc1ccc(O)c2c1C(=O)c1c(O)ccc(NC(=O)c3ccccc3Cl)c1C2=O. The number of hydrogen-bond donors (Lipinski definition) is 4. The summed E-state index contributed by atoms with van der Waals surface area (Å²) in [5.74, 6) is -2.95. The maximum atomic E-state index is 13.1. The van der Waals surface area contributed by atoms with Crippen molar-refractivity contribution < 1.29 is 24.6 Å². The van der Waals surface area contributed by atoms with E-state index in [1.807, 2.05) is 0 Å². The maximum Gasteiger partial charge on any atom is 0.257 e. The second-order valence-electron chi connectivity index (χ2n) is 6.40. The second-order valence-corrected chi connectivity index (χ2v) is 6.81. The fourth-order valence-electron chi connectivity index (χ4n) is 3.33. The van der Waals surface area contributed by atoms with Crippen molar-refractivity contribution in [2.24, 2.45) is 0 Å². The highest BCUT2D eigenvalue weighted by Crippen LogP contribution is 2.41. The van der Waals surface area contributed by atoms with Gasteiger partial charge in [0, 0.05) is 5.69 Å². The van der Waals surface area contributed by atoms with Crippen molar-refractivity contribution in [3.05, 3.63) is 81.4 Å². The third-order valence-electron chi connectivity index (χ3n) is 4.67. The Balaban J connectivity index is 1.88. The number of fused-ring (bicyclic) bond motifs is 2. The van der Waals surface area contributed by atoms with Crippen LogP contribution in [-0.2, 0) is 0 Å². The van der Waals surface area contributed by atoms with E-state index < -0.39 is 29.0 Å². The van der Waals surface area contributed by atoms with Gasteiger partial charge in [0.1, 0.15) is 11.5 Å². The van der Waals surface area contributed by atoms with Gasteiger partial charge < -0.3 is 21.3 Å². The third-order valence-corrected chi connectivity index (χ3v) is 5.00. The number of nitrogens with two attached hydrogens (primary N) is 1. The summed E-state index contributed by atoms with van der Waals surface area (Å²) in [4.78, 5) is 38.7. The fraction of sp³-hybridized carbons (Fsp3) is 0. The highest BCUT2D eigenvalue weighted by molar-refractivity contribution is 6.35. The molecule has 0 heterocycles. The molecule has 0 unspecified atom stereocenters. The Hall–Kier alpha value is -3.84. The van der Waals surface area contributed by atoms with Gasteiger partial charge in [-0.05, 0) is 36.4 Å². The van der Waals surface area contributed by atoms with Gasteiger partial charge in [-0.3, -0.25) is 14.4 Å². The minimum absolute atomic E-state index is 0.00598. The lowest BCUT2D eigenvalue weighted by Gasteiger charge is -2.23. The van der Waals surface area contributed by atoms with E-state index in [0.717, 1.165) is 0 Å². The van der Waals surface area contributed by atoms with Gasteiger partial charge in [0.15, 0.2) is 0 Å². The van der Waals surface area contributed by atoms with Crippen LogP contribution in [-0.4, -0.2) is 27.7 Å². The molecule has 0 saturated carbocycles. The van der Waals surface area contributed by atoms with Crippen LogP contribution in [0.25, 0.3) is 0 Å². The lowest BCUT2D eigenvalue weighted by atomic mass is 9.81. The molecule has 0 aromatic heterocycles. The predicted octanol–water partition coefficient (Wildman–Crippen LogP) is 3.36. The van der Waals surface area contributed by atoms with Crippen LogP contribution in [0.15, 0.2) is 48.5 Å². The molecule has 144 valence electrons. The molecule has 0 fully saturated rings. The topological polar surface area (TPSA) is 130 Å². The van der Waals surface area contributed by atoms with Gasteiger partial charge in [-0.25, -0.2) is 0 Å². The number of amides is 1. The van der Waals surface area contributed by atoms with Crippen LogP contribution in [0.4, 0.5) is 11.4 Å². The molecule has 1 aliphatic rings. The lowest BCUT2D eigenvalue weighted by Crippen LogP contribution is -2.25. The largest absolute Gasteiger partial charge is 0.507 e. The van der Waals surface area contributed by atoms with Crippen LogP contribution in [0.3, 0.4) is 0 Å². The molecule has 3 aromatic rings. The second kappa shape index (κ2) is 6.65. The Morgan fingerprint density at radius 1 is 0.828 bits per heavy atom. The van der Waals surface area contributed by atoms with Gasteiger partial charge >= 0.3 is 0 Å². The van der Waals surface area contributed by atoms with E-state index in [4.69, 9.17) is 17.3 Å². The van der Waals surface area contributed by atoms with Gasteiger partial charge in [-0.2, -0.15) is 0 Å². The average molecular weight is 409 g/mol. The Morgan fingerprint density at radius 3 is 2.10 bits per heavy atom. The molecule has 0 radical (unpaired) electrons. The van der Waals surface area contributed by atoms with Crippen LogP contribution < -0.4 is 11.1 Å². The van der Waals surface area contributed by atoms with Crippen molar-refractivity contribution in [2.75, 3.05) is 11.1 Å². The minimum Gasteiger partial charge on any atom is -0.507 e. The summed E-state index contributed by atoms with van der Waals surface area (Å²) >= 11 is 6.04. The Kier molecular flexibility index (Phi) is 4.24. The fourth-order valence-corrected chi connectivity index (χ4v) is 3.55. The minimum atomic E-state index is -0.746. The smallest absolute Gasteiger partial charge is 0.257 e. The number of carbonyl (C=O) groups is 3. The molecule has 5 N–H and O–H groups in total. The number of phenolic OH excluding ortho intramolecular Hbond substituents is 2. The van der Waals surface area contributed by atoms with Crippen LogP contribution in [0, 0.1) is 0 Å². The molecule has 0 aliphatic heterocycles. The number of nitrogens with one attached hydrogen (secondary N) is 1. The Labute approximate surface area is 169 Å². The molecular weight excluding hydrogens is 396 g/mol. The van der Waals surface area contributed by atoms with Crippen molar-refractivity contribution in [1.29, 1.82) is 0 Å². The number of halogens is 1. The highest BCUT2D eigenvalue weighted by atomic mass is 35.5. The van der Waals surface area contributed by atoms with E-state index in [-0.39, 0.29) is 44.2 Å². The van der Waals surface area contributed by atoms with Gasteiger partial charge in [0.2, 0.25) is 11.6 Å². The van der Waals surface area contributed by atoms with Crippen molar-refractivity contribution in [3.63, 3.8) is 0 Å². The van der Waals surface area contributed by atoms with E-state index >= 15 is 0 Å². The van der Waals surface area contributed by atoms with Gasteiger partial charge in [0.25, 0.3) is 5.91 Å². The van der Waals surface area contributed by atoms with Gasteiger partial charge in [0.05, 0.1) is 38.5 Å². The zero-order valence-electron chi connectivity index (χ0n) is 14.7. The van der Waals surface area contributed by atoms with Crippen LogP contribution >= 0.6 is 11.6 Å². The van der Waals surface area contributed by atoms with E-state index in [2.05, 4.69) is 5.32 Å². The third kappa shape index (κ3) is 2.79. The molecule has 0 bridgehead atoms. The summed E-state index contributed by atoms with van der Waals surface area (Å²) in [7, 11) is 0. The average Bonchev–Trinajstić information content (AvgIpc) is 2.69. The van der Waals surface area contributed by atoms with Crippen LogP contribution in [0.2, 0.25) is 5.02 Å². The molecule has 0 atom stereocenters. The van der Waals surface area contributed by atoms with E-state index in [9.17, 15) is 24.6 Å². The van der Waals surface area contributed by atoms with Crippen molar-refractivity contribution in [1.82, 2.24) is 0 Å². The number of rotatable bonds is 2. The van der Waals surface area contributed by atoms with Gasteiger partial charge in [-0.15, -0.1) is 0 Å². The number of phenols is 2. The summed E-state index contributed by atoms with van der Waals surface area (Å²) in [5, 5.41) is 23.1. The van der Waals surface area contributed by atoms with E-state index in [1.54, 1.807) is 12.1 Å². The molecule has 7 nitrogen and oxygen atoms in total. The molecule has 8 heteroatoms. The first-order chi connectivity index (χ1) is 13.8. The van der Waals surface area contributed by atoms with Crippen molar-refractivity contribution in [3.8, 4) is 11.5 Å². The Morgan fingerprint density at radius 2 is 1.41 bits per heavy atom. The first-order valence-corrected chi connectivity index (χ1v) is 8.81. The molecular formula is C21H13ClN2O5. The Bertz CT molecular complexity index is 1240. The van der Waals surface area contributed by atoms with Crippen molar-refractivity contribution in [2.45, 2.75) is 0 Å². The molecule has 4 rings (SSSR count). The number of benzene rings is 3. The quantitative estimate of drug-likeness (QED) is 0.297. The molecule has 0 spiro atoms. The first kappa shape index (κ1) is 18.5. The number of ketones is 2. The molecule has 0 saturated heterocycles. The zero-order valence-corrected chi connectivity index (χ0v) is 15.4.